The number of nitrogens with zero attached hydrogens (tertiary/aromatic N) is 1. The molecule has 1 spiro atoms. The molecule has 5 nitrogen and oxygen atoms in total. The maximum atomic E-state index is 12.4. The third-order valence-corrected chi connectivity index (χ3v) is 5.90. The number of carbonyl (C=O) groups is 2. The van der Waals surface area contributed by atoms with Crippen molar-refractivity contribution in [1.82, 2.24) is 10.2 Å². The first kappa shape index (κ1) is 15.5. The average Bonchev–Trinajstić information content (AvgIpc) is 3.12. The van der Waals surface area contributed by atoms with E-state index in [9.17, 15) is 9.59 Å². The number of methoxy groups -OCH3 is 1. The Labute approximate surface area is 134 Å². The fraction of sp³-hybridized carbons (Fsp3) is 0.625. The van der Waals surface area contributed by atoms with Crippen LogP contribution in [0.4, 0.5) is 0 Å². The lowest BCUT2D eigenvalue weighted by Crippen LogP contribution is -2.47. The predicted octanol–water partition coefficient (Wildman–Crippen LogP) is 1.29. The summed E-state index contributed by atoms with van der Waals surface area (Å²) in [7, 11) is 1.64. The molecular formula is C16H22N2O3S. The number of rotatable bonds is 4. The fourth-order valence-corrected chi connectivity index (χ4v) is 4.30. The van der Waals surface area contributed by atoms with E-state index in [2.05, 4.69) is 5.32 Å². The first-order valence-electron chi connectivity index (χ1n) is 7.71. The third-order valence-electron chi connectivity index (χ3n) is 5.02. The van der Waals surface area contributed by atoms with Gasteiger partial charge in [-0.25, -0.2) is 0 Å². The van der Waals surface area contributed by atoms with E-state index in [0.717, 1.165) is 30.8 Å². The molecule has 0 radical (unpaired) electrons. The number of thiophene rings is 1. The van der Waals surface area contributed by atoms with Crippen LogP contribution in [0.2, 0.25) is 0 Å². The molecule has 0 bridgehead atoms. The Hall–Kier alpha value is -1.40. The molecule has 0 saturated carbocycles. The third kappa shape index (κ3) is 2.90. The molecular weight excluding hydrogens is 300 g/mol. The Morgan fingerprint density at radius 3 is 2.91 bits per heavy atom. The maximum absolute atomic E-state index is 12.4. The number of piperidine rings is 1. The Morgan fingerprint density at radius 2 is 2.27 bits per heavy atom. The van der Waals surface area contributed by atoms with Crippen LogP contribution in [0.25, 0.3) is 0 Å². The summed E-state index contributed by atoms with van der Waals surface area (Å²) in [5.41, 5.74) is -0.0349. The minimum atomic E-state index is -0.0768. The van der Waals surface area contributed by atoms with Crippen LogP contribution in [0.3, 0.4) is 0 Å². The monoisotopic (exact) mass is 322 g/mol. The summed E-state index contributed by atoms with van der Waals surface area (Å²) in [6.45, 7) is 2.65. The average molecular weight is 322 g/mol. The van der Waals surface area contributed by atoms with Crippen LogP contribution < -0.4 is 5.32 Å². The number of amides is 2. The molecule has 1 N–H and O–H groups in total. The summed E-state index contributed by atoms with van der Waals surface area (Å²) in [4.78, 5) is 27.4. The minimum absolute atomic E-state index is 0.0349. The second kappa shape index (κ2) is 6.38. The van der Waals surface area contributed by atoms with E-state index >= 15 is 0 Å². The molecule has 22 heavy (non-hydrogen) atoms. The second-order valence-corrected chi connectivity index (χ2v) is 7.26. The largest absolute Gasteiger partial charge is 0.384 e. The number of carbonyl (C=O) groups excluding carboxylic acids is 2. The standard InChI is InChI=1S/C16H22N2O3S/c1-21-10-13-15(20)17-11-16(13)4-6-18(7-5-16)14(19)9-12-3-2-8-22-12/h2-3,8,13H,4-7,9-11H2,1H3,(H,17,20). The molecule has 2 aliphatic heterocycles. The van der Waals surface area contributed by atoms with E-state index in [1.165, 1.54) is 0 Å². The highest BCUT2D eigenvalue weighted by atomic mass is 32.1. The molecule has 1 aromatic rings. The summed E-state index contributed by atoms with van der Waals surface area (Å²) >= 11 is 1.62. The van der Waals surface area contributed by atoms with Gasteiger partial charge in [0.1, 0.15) is 0 Å². The number of hydrogen-bond donors (Lipinski definition) is 1. The summed E-state index contributed by atoms with van der Waals surface area (Å²) < 4.78 is 5.23. The van der Waals surface area contributed by atoms with Crippen LogP contribution >= 0.6 is 11.3 Å². The number of hydrogen-bond acceptors (Lipinski definition) is 4. The highest BCUT2D eigenvalue weighted by Crippen LogP contribution is 2.42. The van der Waals surface area contributed by atoms with E-state index in [1.54, 1.807) is 18.4 Å². The van der Waals surface area contributed by atoms with Crippen molar-refractivity contribution in [2.24, 2.45) is 11.3 Å². The molecule has 2 aliphatic rings. The molecule has 6 heteroatoms. The van der Waals surface area contributed by atoms with Gasteiger partial charge in [-0.1, -0.05) is 6.07 Å². The van der Waals surface area contributed by atoms with Crippen molar-refractivity contribution in [2.45, 2.75) is 19.3 Å². The Bertz CT molecular complexity index is 536. The van der Waals surface area contributed by atoms with Gasteiger partial charge >= 0.3 is 0 Å². The number of ether oxygens (including phenoxy) is 1. The van der Waals surface area contributed by atoms with Gasteiger partial charge in [0.2, 0.25) is 11.8 Å². The van der Waals surface area contributed by atoms with Crippen molar-refractivity contribution in [2.75, 3.05) is 33.4 Å². The van der Waals surface area contributed by atoms with Gasteiger partial charge in [0.25, 0.3) is 0 Å². The number of likely N-dealkylation sites (tertiary alicyclic amines) is 1. The second-order valence-electron chi connectivity index (χ2n) is 6.23. The van der Waals surface area contributed by atoms with Gasteiger partial charge in [0, 0.05) is 37.0 Å². The van der Waals surface area contributed by atoms with Gasteiger partial charge in [-0.2, -0.15) is 0 Å². The summed E-state index contributed by atoms with van der Waals surface area (Å²) in [6, 6.07) is 3.98. The van der Waals surface area contributed by atoms with Crippen molar-refractivity contribution in [3.8, 4) is 0 Å². The molecule has 0 aliphatic carbocycles. The van der Waals surface area contributed by atoms with E-state index in [-0.39, 0.29) is 23.1 Å². The highest BCUT2D eigenvalue weighted by molar-refractivity contribution is 7.10. The molecule has 0 aromatic carbocycles. The quantitative estimate of drug-likeness (QED) is 0.909. The van der Waals surface area contributed by atoms with Gasteiger partial charge < -0.3 is 15.0 Å². The summed E-state index contributed by atoms with van der Waals surface area (Å²) in [5.74, 6) is 0.213. The van der Waals surface area contributed by atoms with E-state index in [0.29, 0.717) is 19.6 Å². The molecule has 3 rings (SSSR count). The molecule has 1 unspecified atom stereocenters. The zero-order valence-electron chi connectivity index (χ0n) is 12.8. The van der Waals surface area contributed by atoms with Crippen molar-refractivity contribution in [1.29, 1.82) is 0 Å². The van der Waals surface area contributed by atoms with Gasteiger partial charge in [-0.05, 0) is 24.3 Å². The van der Waals surface area contributed by atoms with Gasteiger partial charge in [-0.15, -0.1) is 11.3 Å². The predicted molar refractivity (Wildman–Crippen MR) is 84.6 cm³/mol. The Balaban J connectivity index is 1.60. The molecule has 120 valence electrons. The Kier molecular flexibility index (Phi) is 4.49. The van der Waals surface area contributed by atoms with Gasteiger partial charge in [0.05, 0.1) is 18.9 Å². The smallest absolute Gasteiger partial charge is 0.227 e. The molecule has 2 fully saturated rings. The first-order valence-corrected chi connectivity index (χ1v) is 8.59. The first-order chi connectivity index (χ1) is 10.6. The van der Waals surface area contributed by atoms with Crippen LogP contribution in [0, 0.1) is 11.3 Å². The van der Waals surface area contributed by atoms with Crippen LogP contribution in [-0.4, -0.2) is 50.1 Å². The minimum Gasteiger partial charge on any atom is -0.384 e. The SMILES string of the molecule is COCC1C(=O)NCC12CCN(C(=O)Cc1cccs1)CC2. The number of nitrogens with one attached hydrogen (secondary N) is 1. The summed E-state index contributed by atoms with van der Waals surface area (Å²) in [6.07, 6.45) is 2.23. The molecule has 2 amide bonds. The van der Waals surface area contributed by atoms with Crippen LogP contribution in [0.5, 0.6) is 0 Å². The lowest BCUT2D eigenvalue weighted by Gasteiger charge is -2.41. The zero-order valence-corrected chi connectivity index (χ0v) is 13.7. The van der Waals surface area contributed by atoms with Crippen molar-refractivity contribution >= 4 is 23.2 Å². The van der Waals surface area contributed by atoms with Crippen LogP contribution in [-0.2, 0) is 20.7 Å². The van der Waals surface area contributed by atoms with E-state index < -0.39 is 0 Å². The van der Waals surface area contributed by atoms with Gasteiger partial charge in [0.15, 0.2) is 0 Å². The molecule has 1 atom stereocenters. The van der Waals surface area contributed by atoms with E-state index in [1.807, 2.05) is 22.4 Å². The summed E-state index contributed by atoms with van der Waals surface area (Å²) in [5, 5.41) is 4.97. The van der Waals surface area contributed by atoms with Crippen molar-refractivity contribution in [3.63, 3.8) is 0 Å². The van der Waals surface area contributed by atoms with E-state index in [4.69, 9.17) is 4.74 Å². The molecule has 1 aromatic heterocycles. The lowest BCUT2D eigenvalue weighted by atomic mass is 9.71. The highest BCUT2D eigenvalue weighted by Gasteiger charge is 2.49. The van der Waals surface area contributed by atoms with Crippen molar-refractivity contribution < 1.29 is 14.3 Å². The van der Waals surface area contributed by atoms with Crippen molar-refractivity contribution in [3.05, 3.63) is 22.4 Å². The topological polar surface area (TPSA) is 58.6 Å². The normalized spacial score (nSPS) is 23.8. The van der Waals surface area contributed by atoms with Gasteiger partial charge in [-0.3, -0.25) is 9.59 Å². The van der Waals surface area contributed by atoms with Crippen LogP contribution in [0.15, 0.2) is 17.5 Å². The zero-order chi connectivity index (χ0) is 15.6. The van der Waals surface area contributed by atoms with Crippen LogP contribution in [0.1, 0.15) is 17.7 Å². The fourth-order valence-electron chi connectivity index (χ4n) is 3.61. The lowest BCUT2D eigenvalue weighted by molar-refractivity contribution is -0.134. The Morgan fingerprint density at radius 1 is 1.50 bits per heavy atom. The maximum Gasteiger partial charge on any atom is 0.227 e. The molecule has 2 saturated heterocycles. The molecule has 3 heterocycles.